The summed E-state index contributed by atoms with van der Waals surface area (Å²) in [4.78, 5) is 4.71. The van der Waals surface area contributed by atoms with E-state index >= 15 is 0 Å². The Morgan fingerprint density at radius 1 is 0.742 bits per heavy atom. The number of halogens is 1. The van der Waals surface area contributed by atoms with E-state index in [1.165, 1.54) is 0 Å². The van der Waals surface area contributed by atoms with Gasteiger partial charge < -0.3 is 24.3 Å². The van der Waals surface area contributed by atoms with Gasteiger partial charge in [0.05, 0.1) is 26.8 Å². The minimum atomic E-state index is 0.328. The molecule has 4 aromatic rings. The minimum Gasteiger partial charge on any atom is -0.493 e. The molecule has 0 radical (unpaired) electrons. The first-order valence-corrected chi connectivity index (χ1v) is 9.90. The van der Waals surface area contributed by atoms with Crippen LogP contribution in [0.5, 0.6) is 28.7 Å². The van der Waals surface area contributed by atoms with Gasteiger partial charge in [0.15, 0.2) is 34.6 Å². The maximum absolute atomic E-state index is 6.79. The number of hydrogen-bond acceptors (Lipinski definition) is 6. The predicted molar refractivity (Wildman–Crippen MR) is 123 cm³/mol. The second-order valence-electron chi connectivity index (χ2n) is 6.57. The number of ether oxygens (including phenoxy) is 4. The van der Waals surface area contributed by atoms with Crippen molar-refractivity contribution in [1.29, 1.82) is 0 Å². The van der Waals surface area contributed by atoms with Crippen molar-refractivity contribution in [2.24, 2.45) is 0 Å². The number of rotatable bonds is 7. The Morgan fingerprint density at radius 3 is 2.03 bits per heavy atom. The van der Waals surface area contributed by atoms with E-state index in [1.54, 1.807) is 33.5 Å². The minimum absolute atomic E-state index is 0.328. The summed E-state index contributed by atoms with van der Waals surface area (Å²) in [6.07, 6.45) is 0. The Kier molecular flexibility index (Phi) is 6.00. The molecule has 0 bridgehead atoms. The van der Waals surface area contributed by atoms with Crippen LogP contribution in [0.2, 0.25) is 5.02 Å². The maximum Gasteiger partial charge on any atom is 0.169 e. The summed E-state index contributed by atoms with van der Waals surface area (Å²) in [6.45, 7) is 0. The van der Waals surface area contributed by atoms with Crippen molar-refractivity contribution in [3.63, 3.8) is 0 Å². The van der Waals surface area contributed by atoms with Gasteiger partial charge in [0.25, 0.3) is 0 Å². The van der Waals surface area contributed by atoms with E-state index in [9.17, 15) is 0 Å². The number of nitrogens with one attached hydrogen (secondary N) is 1. The maximum atomic E-state index is 6.79. The molecule has 0 amide bonds. The van der Waals surface area contributed by atoms with Crippen LogP contribution in [-0.4, -0.2) is 26.3 Å². The van der Waals surface area contributed by atoms with Gasteiger partial charge in [-0.25, -0.2) is 4.98 Å². The fourth-order valence-electron chi connectivity index (χ4n) is 3.19. The lowest BCUT2D eigenvalue weighted by atomic mass is 10.1. The van der Waals surface area contributed by atoms with Crippen molar-refractivity contribution in [3.8, 4) is 28.7 Å². The number of methoxy groups -OCH3 is 3. The molecule has 158 valence electrons. The molecule has 0 fully saturated rings. The van der Waals surface area contributed by atoms with Crippen LogP contribution in [0.1, 0.15) is 0 Å². The normalized spacial score (nSPS) is 10.6. The monoisotopic (exact) mass is 436 g/mol. The van der Waals surface area contributed by atoms with Crippen molar-refractivity contribution in [1.82, 2.24) is 4.98 Å². The Labute approximate surface area is 185 Å². The third-order valence-electron chi connectivity index (χ3n) is 4.70. The Morgan fingerprint density at radius 2 is 1.35 bits per heavy atom. The molecule has 1 heterocycles. The number of hydrogen-bond donors (Lipinski definition) is 1. The van der Waals surface area contributed by atoms with Crippen LogP contribution in [-0.2, 0) is 0 Å². The third-order valence-corrected chi connectivity index (χ3v) is 5.05. The molecule has 0 saturated carbocycles. The summed E-state index contributed by atoms with van der Waals surface area (Å²) >= 11 is 6.79. The topological polar surface area (TPSA) is 61.8 Å². The molecule has 0 unspecified atom stereocenters. The lowest BCUT2D eigenvalue weighted by Gasteiger charge is -2.17. The number of aromatic nitrogens is 1. The molecule has 31 heavy (non-hydrogen) atoms. The van der Waals surface area contributed by atoms with Crippen LogP contribution >= 0.6 is 11.6 Å². The van der Waals surface area contributed by atoms with Crippen molar-refractivity contribution >= 4 is 34.0 Å². The van der Waals surface area contributed by atoms with Crippen molar-refractivity contribution in [2.45, 2.75) is 0 Å². The number of anilines is 2. The average Bonchev–Trinajstić information content (AvgIpc) is 2.81. The molecule has 0 aliphatic carbocycles. The van der Waals surface area contributed by atoms with E-state index in [4.69, 9.17) is 35.5 Å². The molecule has 0 aliphatic rings. The van der Waals surface area contributed by atoms with Crippen LogP contribution in [0.15, 0.2) is 66.7 Å². The number of para-hydroxylation sites is 3. The SMILES string of the molecule is COc1cc2nc(Nc3ccccc3)c(Cl)c(Oc3ccccc3OC)c2cc1OC. The second kappa shape index (κ2) is 9.02. The highest BCUT2D eigenvalue weighted by molar-refractivity contribution is 6.35. The zero-order chi connectivity index (χ0) is 21.8. The molecular formula is C24H21ClN2O4. The van der Waals surface area contributed by atoms with Crippen LogP contribution in [0, 0.1) is 0 Å². The van der Waals surface area contributed by atoms with Gasteiger partial charge in [-0.1, -0.05) is 41.9 Å². The highest BCUT2D eigenvalue weighted by Crippen LogP contribution is 2.45. The van der Waals surface area contributed by atoms with Gasteiger partial charge in [0.2, 0.25) is 0 Å². The molecule has 0 atom stereocenters. The number of fused-ring (bicyclic) bond motifs is 1. The molecule has 4 rings (SSSR count). The Hall–Kier alpha value is -3.64. The molecular weight excluding hydrogens is 416 g/mol. The van der Waals surface area contributed by atoms with Gasteiger partial charge in [-0.3, -0.25) is 0 Å². The lowest BCUT2D eigenvalue weighted by Crippen LogP contribution is -2.00. The summed E-state index contributed by atoms with van der Waals surface area (Å²) in [5.41, 5.74) is 1.48. The fourth-order valence-corrected chi connectivity index (χ4v) is 3.42. The summed E-state index contributed by atoms with van der Waals surface area (Å²) < 4.78 is 22.6. The second-order valence-corrected chi connectivity index (χ2v) is 6.95. The van der Waals surface area contributed by atoms with Gasteiger partial charge >= 0.3 is 0 Å². The average molecular weight is 437 g/mol. The van der Waals surface area contributed by atoms with E-state index in [1.807, 2.05) is 54.6 Å². The molecule has 0 aliphatic heterocycles. The van der Waals surface area contributed by atoms with Gasteiger partial charge in [-0.2, -0.15) is 0 Å². The van der Waals surface area contributed by atoms with Crippen molar-refractivity contribution in [2.75, 3.05) is 26.6 Å². The van der Waals surface area contributed by atoms with Crippen LogP contribution < -0.4 is 24.3 Å². The van der Waals surface area contributed by atoms with E-state index in [-0.39, 0.29) is 0 Å². The van der Waals surface area contributed by atoms with Crippen LogP contribution in [0.4, 0.5) is 11.5 Å². The molecule has 7 heteroatoms. The summed E-state index contributed by atoms with van der Waals surface area (Å²) in [5, 5.41) is 4.26. The molecule has 0 spiro atoms. The molecule has 1 aromatic heterocycles. The van der Waals surface area contributed by atoms with E-state index < -0.39 is 0 Å². The molecule has 0 saturated heterocycles. The first-order valence-electron chi connectivity index (χ1n) is 9.52. The number of benzene rings is 3. The molecule has 3 aromatic carbocycles. The smallest absolute Gasteiger partial charge is 0.169 e. The van der Waals surface area contributed by atoms with E-state index in [0.717, 1.165) is 5.69 Å². The summed E-state index contributed by atoms with van der Waals surface area (Å²) in [6, 6.07) is 20.6. The highest BCUT2D eigenvalue weighted by Gasteiger charge is 2.20. The van der Waals surface area contributed by atoms with Gasteiger partial charge in [-0.05, 0) is 30.3 Å². The molecule has 6 nitrogen and oxygen atoms in total. The highest BCUT2D eigenvalue weighted by atomic mass is 35.5. The summed E-state index contributed by atoms with van der Waals surface area (Å²) in [7, 11) is 4.74. The standard InChI is InChI=1S/C24H21ClN2O4/c1-28-18-11-7-8-12-19(18)31-23-16-13-20(29-2)21(30-3)14-17(16)27-24(22(23)25)26-15-9-5-4-6-10-15/h4-14H,1-3H3,(H,26,27). The van der Waals surface area contributed by atoms with Gasteiger partial charge in [0, 0.05) is 17.1 Å². The third kappa shape index (κ3) is 4.15. The predicted octanol–water partition coefficient (Wildman–Crippen LogP) is 6.45. The fraction of sp³-hybridized carbons (Fsp3) is 0.125. The van der Waals surface area contributed by atoms with E-state index in [0.29, 0.717) is 50.5 Å². The number of pyridine rings is 1. The largest absolute Gasteiger partial charge is 0.493 e. The first-order chi connectivity index (χ1) is 15.1. The lowest BCUT2D eigenvalue weighted by molar-refractivity contribution is 0.355. The van der Waals surface area contributed by atoms with Gasteiger partial charge in [-0.15, -0.1) is 0 Å². The Bertz CT molecular complexity index is 1220. The Balaban J connectivity index is 1.92. The summed E-state index contributed by atoms with van der Waals surface area (Å²) in [5.74, 6) is 3.09. The quantitative estimate of drug-likeness (QED) is 0.359. The van der Waals surface area contributed by atoms with Crippen LogP contribution in [0.3, 0.4) is 0 Å². The first kappa shape index (κ1) is 20.6. The van der Waals surface area contributed by atoms with Gasteiger partial charge in [0.1, 0.15) is 5.02 Å². The zero-order valence-corrected chi connectivity index (χ0v) is 18.1. The zero-order valence-electron chi connectivity index (χ0n) is 17.3. The van der Waals surface area contributed by atoms with Crippen molar-refractivity contribution in [3.05, 3.63) is 71.8 Å². The van der Waals surface area contributed by atoms with Crippen molar-refractivity contribution < 1.29 is 18.9 Å². The molecule has 1 N–H and O–H groups in total. The van der Waals surface area contributed by atoms with Crippen LogP contribution in [0.25, 0.3) is 10.9 Å². The number of nitrogens with zero attached hydrogens (tertiary/aromatic N) is 1. The van der Waals surface area contributed by atoms with E-state index in [2.05, 4.69) is 5.32 Å².